The van der Waals surface area contributed by atoms with Crippen LogP contribution in [0.3, 0.4) is 0 Å². The minimum Gasteiger partial charge on any atom is -0.456 e. The Morgan fingerprint density at radius 2 is 1.63 bits per heavy atom. The highest BCUT2D eigenvalue weighted by Crippen LogP contribution is 2.27. The highest BCUT2D eigenvalue weighted by molar-refractivity contribution is 5.69. The Hall–Kier alpha value is -2.69. The van der Waals surface area contributed by atoms with Crippen molar-refractivity contribution in [2.75, 3.05) is 20.8 Å². The first-order valence-corrected chi connectivity index (χ1v) is 9.34. The maximum Gasteiger partial charge on any atom is 0.407 e. The van der Waals surface area contributed by atoms with Crippen LogP contribution in [-0.4, -0.2) is 69.5 Å². The van der Waals surface area contributed by atoms with Crippen molar-refractivity contribution in [3.63, 3.8) is 0 Å². The third kappa shape index (κ3) is 6.68. The molecule has 0 bridgehead atoms. The number of hydrogen-bond donors (Lipinski definition) is 1. The lowest BCUT2D eigenvalue weighted by Gasteiger charge is -2.44. The van der Waals surface area contributed by atoms with Crippen LogP contribution in [0, 0.1) is 0 Å². The summed E-state index contributed by atoms with van der Waals surface area (Å²) in [5.41, 5.74) is 0.797. The second-order valence-electron chi connectivity index (χ2n) is 6.61. The van der Waals surface area contributed by atoms with Crippen molar-refractivity contribution < 1.29 is 42.8 Å². The number of esters is 2. The Balaban J connectivity index is 2.19. The van der Waals surface area contributed by atoms with Crippen LogP contribution in [0.5, 0.6) is 0 Å². The van der Waals surface area contributed by atoms with Gasteiger partial charge in [-0.2, -0.15) is 0 Å². The zero-order valence-electron chi connectivity index (χ0n) is 17.4. The van der Waals surface area contributed by atoms with E-state index in [-0.39, 0.29) is 13.2 Å². The second kappa shape index (κ2) is 11.5. The normalized spacial score (nSPS) is 25.8. The number of ether oxygens (including phenoxy) is 6. The van der Waals surface area contributed by atoms with Crippen molar-refractivity contribution in [2.45, 2.75) is 51.1 Å². The standard InChI is InChI=1S/C20H27NO9/c1-12(22)28-17-15(11-25-3)30-19(26-4)16(18(17)29-13(2)23)21-20(24)27-10-14-8-6-5-7-9-14/h5-9,15-19H,10-11H2,1-4H3,(H,21,24)/t15-,16+,17-,18-,19+/m1/s1. The Bertz CT molecular complexity index is 711. The van der Waals surface area contributed by atoms with Crippen LogP contribution in [0.25, 0.3) is 0 Å². The molecule has 1 aliphatic heterocycles. The molecule has 0 unspecified atom stereocenters. The molecule has 10 heteroatoms. The van der Waals surface area contributed by atoms with Crippen LogP contribution in [-0.2, 0) is 44.6 Å². The molecule has 0 aromatic heterocycles. The van der Waals surface area contributed by atoms with Gasteiger partial charge in [-0.05, 0) is 5.56 Å². The number of nitrogens with one attached hydrogen (secondary N) is 1. The quantitative estimate of drug-likeness (QED) is 0.483. The van der Waals surface area contributed by atoms with Gasteiger partial charge in [0, 0.05) is 28.1 Å². The molecule has 0 aliphatic carbocycles. The zero-order chi connectivity index (χ0) is 22.1. The maximum atomic E-state index is 12.4. The molecule has 1 heterocycles. The van der Waals surface area contributed by atoms with Gasteiger partial charge in [0.15, 0.2) is 18.5 Å². The molecular weight excluding hydrogens is 398 g/mol. The second-order valence-corrected chi connectivity index (χ2v) is 6.61. The first-order valence-electron chi connectivity index (χ1n) is 9.34. The van der Waals surface area contributed by atoms with Crippen LogP contribution in [0.1, 0.15) is 19.4 Å². The Kier molecular flexibility index (Phi) is 9.03. The summed E-state index contributed by atoms with van der Waals surface area (Å²) in [6.45, 7) is 2.50. The number of carbonyl (C=O) groups is 3. The number of carbonyl (C=O) groups excluding carboxylic acids is 3. The molecule has 5 atom stereocenters. The van der Waals surface area contributed by atoms with Gasteiger partial charge in [0.05, 0.1) is 6.61 Å². The summed E-state index contributed by atoms with van der Waals surface area (Å²) in [7, 11) is 2.82. The third-order valence-corrected chi connectivity index (χ3v) is 4.31. The fourth-order valence-electron chi connectivity index (χ4n) is 3.12. The molecule has 1 saturated heterocycles. The number of amides is 1. The average Bonchev–Trinajstić information content (AvgIpc) is 2.70. The summed E-state index contributed by atoms with van der Waals surface area (Å²) in [6.07, 6.45) is -4.69. The smallest absolute Gasteiger partial charge is 0.407 e. The highest BCUT2D eigenvalue weighted by Gasteiger charge is 2.51. The summed E-state index contributed by atoms with van der Waals surface area (Å²) in [5, 5.41) is 2.59. The average molecular weight is 425 g/mol. The van der Waals surface area contributed by atoms with Gasteiger partial charge in [-0.1, -0.05) is 30.3 Å². The van der Waals surface area contributed by atoms with Gasteiger partial charge >= 0.3 is 18.0 Å². The van der Waals surface area contributed by atoms with Crippen LogP contribution in [0.4, 0.5) is 4.79 Å². The SMILES string of the molecule is COC[C@H]1O[C@H](OC)[C@@H](NC(=O)OCc2ccccc2)[C@@H](OC(C)=O)[C@@H]1OC(C)=O. The van der Waals surface area contributed by atoms with E-state index in [1.165, 1.54) is 28.1 Å². The molecule has 1 aromatic rings. The third-order valence-electron chi connectivity index (χ3n) is 4.31. The highest BCUT2D eigenvalue weighted by atomic mass is 16.7. The van der Waals surface area contributed by atoms with Gasteiger partial charge in [0.1, 0.15) is 18.8 Å². The van der Waals surface area contributed by atoms with Crippen LogP contribution in [0.15, 0.2) is 30.3 Å². The lowest BCUT2D eigenvalue weighted by molar-refractivity contribution is -0.271. The van der Waals surface area contributed by atoms with Gasteiger partial charge in [-0.15, -0.1) is 0 Å². The van der Waals surface area contributed by atoms with E-state index in [2.05, 4.69) is 5.32 Å². The largest absolute Gasteiger partial charge is 0.456 e. The summed E-state index contributed by atoms with van der Waals surface area (Å²) < 4.78 is 32.2. The fourth-order valence-corrected chi connectivity index (χ4v) is 3.12. The number of hydrogen-bond acceptors (Lipinski definition) is 9. The number of benzene rings is 1. The molecule has 1 aliphatic rings. The molecule has 166 valence electrons. The topological polar surface area (TPSA) is 119 Å². The predicted octanol–water partition coefficient (Wildman–Crippen LogP) is 1.16. The Morgan fingerprint density at radius 3 is 2.20 bits per heavy atom. The van der Waals surface area contributed by atoms with Crippen molar-refractivity contribution in [2.24, 2.45) is 0 Å². The van der Waals surface area contributed by atoms with Crippen molar-refractivity contribution in [3.05, 3.63) is 35.9 Å². The predicted molar refractivity (Wildman–Crippen MR) is 102 cm³/mol. The lowest BCUT2D eigenvalue weighted by Crippen LogP contribution is -2.66. The Morgan fingerprint density at radius 1 is 1.00 bits per heavy atom. The van der Waals surface area contributed by atoms with Crippen LogP contribution < -0.4 is 5.32 Å². The molecule has 2 rings (SSSR count). The monoisotopic (exact) mass is 425 g/mol. The molecule has 10 nitrogen and oxygen atoms in total. The summed E-state index contributed by atoms with van der Waals surface area (Å²) in [6, 6.07) is 8.11. The lowest BCUT2D eigenvalue weighted by atomic mass is 9.96. The van der Waals surface area contributed by atoms with E-state index in [4.69, 9.17) is 28.4 Å². The van der Waals surface area contributed by atoms with E-state index in [1.807, 2.05) is 30.3 Å². The van der Waals surface area contributed by atoms with E-state index in [0.717, 1.165) is 5.56 Å². The van der Waals surface area contributed by atoms with Crippen molar-refractivity contribution in [1.82, 2.24) is 5.32 Å². The van der Waals surface area contributed by atoms with E-state index in [9.17, 15) is 14.4 Å². The number of methoxy groups -OCH3 is 2. The molecule has 0 saturated carbocycles. The summed E-state index contributed by atoms with van der Waals surface area (Å²) in [4.78, 5) is 35.8. The van der Waals surface area contributed by atoms with Crippen molar-refractivity contribution in [1.29, 1.82) is 0 Å². The van der Waals surface area contributed by atoms with Crippen molar-refractivity contribution in [3.8, 4) is 0 Å². The van der Waals surface area contributed by atoms with Crippen molar-refractivity contribution >= 4 is 18.0 Å². The molecule has 1 amide bonds. The van der Waals surface area contributed by atoms with Gasteiger partial charge in [-0.3, -0.25) is 9.59 Å². The number of alkyl carbamates (subject to hydrolysis) is 1. The summed E-state index contributed by atoms with van der Waals surface area (Å²) in [5.74, 6) is -1.24. The molecule has 1 N–H and O–H groups in total. The van der Waals surface area contributed by atoms with E-state index in [0.29, 0.717) is 0 Å². The minimum absolute atomic E-state index is 0.0375. The molecule has 0 radical (unpaired) electrons. The first kappa shape index (κ1) is 23.6. The molecule has 1 aromatic carbocycles. The molecule has 1 fully saturated rings. The van der Waals surface area contributed by atoms with E-state index < -0.39 is 48.7 Å². The fraction of sp³-hybridized carbons (Fsp3) is 0.550. The molecule has 0 spiro atoms. The Labute approximate surface area is 174 Å². The maximum absolute atomic E-state index is 12.4. The first-order chi connectivity index (χ1) is 14.3. The zero-order valence-corrected chi connectivity index (χ0v) is 17.4. The molecular formula is C20H27NO9. The van der Waals surface area contributed by atoms with Gasteiger partial charge in [0.2, 0.25) is 0 Å². The van der Waals surface area contributed by atoms with E-state index in [1.54, 1.807) is 0 Å². The van der Waals surface area contributed by atoms with E-state index >= 15 is 0 Å². The molecule has 30 heavy (non-hydrogen) atoms. The van der Waals surface area contributed by atoms with Gasteiger partial charge < -0.3 is 33.7 Å². The number of rotatable bonds is 8. The summed E-state index contributed by atoms with van der Waals surface area (Å²) >= 11 is 0. The van der Waals surface area contributed by atoms with Gasteiger partial charge in [-0.25, -0.2) is 4.79 Å². The van der Waals surface area contributed by atoms with Crippen LogP contribution >= 0.6 is 0 Å². The minimum atomic E-state index is -1.09. The van der Waals surface area contributed by atoms with Crippen LogP contribution in [0.2, 0.25) is 0 Å². The van der Waals surface area contributed by atoms with Gasteiger partial charge in [0.25, 0.3) is 0 Å².